The molecule has 4 aromatic rings. The summed E-state index contributed by atoms with van der Waals surface area (Å²) in [5, 5.41) is 6.07. The van der Waals surface area contributed by atoms with E-state index in [0.717, 1.165) is 24.2 Å². The van der Waals surface area contributed by atoms with Gasteiger partial charge in [0, 0.05) is 59.1 Å². The number of rotatable bonds is 5. The third-order valence-electron chi connectivity index (χ3n) is 7.88. The Morgan fingerprint density at radius 1 is 0.814 bits per heavy atom. The van der Waals surface area contributed by atoms with Crippen molar-refractivity contribution in [3.8, 4) is 0 Å². The van der Waals surface area contributed by atoms with E-state index in [4.69, 9.17) is 11.6 Å². The summed E-state index contributed by atoms with van der Waals surface area (Å²) in [6.07, 6.45) is -3.70. The SMILES string of the molecule is O=C(Nc1ccc(Cl)cc1)c1ccc(N2C[C@H]3C[C@@H](C2)c2cccc(=O)n2C3)c(NC(=O)c2cccc(C(F)(F)F)c2)c1. The average molecular weight is 607 g/mol. The number of carbonyl (C=O) groups is 2. The van der Waals surface area contributed by atoms with Gasteiger partial charge in [0.1, 0.15) is 0 Å². The largest absolute Gasteiger partial charge is 0.416 e. The average Bonchev–Trinajstić information content (AvgIpc) is 2.98. The Labute approximate surface area is 249 Å². The topological polar surface area (TPSA) is 83.4 Å². The van der Waals surface area contributed by atoms with E-state index >= 15 is 0 Å². The first-order valence-corrected chi connectivity index (χ1v) is 14.1. The molecular formula is C32H26ClF3N4O3. The molecule has 11 heteroatoms. The van der Waals surface area contributed by atoms with Crippen molar-refractivity contribution in [2.24, 2.45) is 5.92 Å². The summed E-state index contributed by atoms with van der Waals surface area (Å²) in [7, 11) is 0. The van der Waals surface area contributed by atoms with E-state index in [-0.39, 0.29) is 34.2 Å². The van der Waals surface area contributed by atoms with Gasteiger partial charge in [-0.15, -0.1) is 0 Å². The zero-order valence-corrected chi connectivity index (χ0v) is 23.5. The lowest BCUT2D eigenvalue weighted by Gasteiger charge is -2.44. The van der Waals surface area contributed by atoms with Crippen molar-refractivity contribution in [2.75, 3.05) is 28.6 Å². The van der Waals surface area contributed by atoms with Crippen LogP contribution in [0.1, 0.15) is 44.3 Å². The molecule has 2 aliphatic heterocycles. The Bertz CT molecular complexity index is 1770. The van der Waals surface area contributed by atoms with Crippen LogP contribution >= 0.6 is 11.6 Å². The molecule has 2 amide bonds. The number of fused-ring (bicyclic) bond motifs is 4. The highest BCUT2D eigenvalue weighted by Crippen LogP contribution is 2.39. The fourth-order valence-corrected chi connectivity index (χ4v) is 6.04. The van der Waals surface area contributed by atoms with E-state index in [1.807, 2.05) is 10.6 Å². The number of alkyl halides is 3. The normalized spacial score (nSPS) is 17.6. The molecule has 2 atom stereocenters. The van der Waals surface area contributed by atoms with Crippen molar-refractivity contribution < 1.29 is 22.8 Å². The summed E-state index contributed by atoms with van der Waals surface area (Å²) >= 11 is 5.94. The van der Waals surface area contributed by atoms with Gasteiger partial charge in [0.05, 0.1) is 16.9 Å². The molecule has 3 aromatic carbocycles. The van der Waals surface area contributed by atoms with Gasteiger partial charge >= 0.3 is 6.18 Å². The molecule has 7 nitrogen and oxygen atoms in total. The van der Waals surface area contributed by atoms with E-state index in [2.05, 4.69) is 15.5 Å². The highest BCUT2D eigenvalue weighted by atomic mass is 35.5. The van der Waals surface area contributed by atoms with Crippen molar-refractivity contribution in [3.05, 3.63) is 123 Å². The molecule has 2 N–H and O–H groups in total. The van der Waals surface area contributed by atoms with E-state index in [1.165, 1.54) is 18.2 Å². The Balaban J connectivity index is 1.33. The van der Waals surface area contributed by atoms with Gasteiger partial charge in [-0.3, -0.25) is 14.4 Å². The minimum absolute atomic E-state index is 0.0363. The van der Waals surface area contributed by atoms with Crippen LogP contribution in [0.15, 0.2) is 89.7 Å². The number of anilines is 3. The van der Waals surface area contributed by atoms with Crippen LogP contribution in [0.5, 0.6) is 0 Å². The van der Waals surface area contributed by atoms with Crippen LogP contribution in [0.4, 0.5) is 30.2 Å². The number of halogens is 4. The lowest BCUT2D eigenvalue weighted by Crippen LogP contribution is -2.47. The summed E-state index contributed by atoms with van der Waals surface area (Å²) in [6.45, 7) is 1.72. The molecule has 2 bridgehead atoms. The molecule has 0 saturated carbocycles. The van der Waals surface area contributed by atoms with Crippen LogP contribution in [-0.4, -0.2) is 29.5 Å². The molecule has 1 aromatic heterocycles. The zero-order valence-electron chi connectivity index (χ0n) is 22.7. The second kappa shape index (κ2) is 11.3. The first kappa shape index (κ1) is 28.5. The monoisotopic (exact) mass is 606 g/mol. The first-order chi connectivity index (χ1) is 20.5. The van der Waals surface area contributed by atoms with Gasteiger partial charge in [0.25, 0.3) is 17.4 Å². The molecule has 0 unspecified atom stereocenters. The van der Waals surface area contributed by atoms with Crippen molar-refractivity contribution in [1.82, 2.24) is 4.57 Å². The second-order valence-corrected chi connectivity index (χ2v) is 11.3. The second-order valence-electron chi connectivity index (χ2n) is 10.8. The Hall–Kier alpha value is -4.57. The third-order valence-corrected chi connectivity index (χ3v) is 8.13. The summed E-state index contributed by atoms with van der Waals surface area (Å²) in [6, 6.07) is 20.9. The molecular weight excluding hydrogens is 581 g/mol. The van der Waals surface area contributed by atoms with E-state index < -0.39 is 23.6 Å². The fourth-order valence-electron chi connectivity index (χ4n) is 5.91. The van der Waals surface area contributed by atoms with Crippen molar-refractivity contribution in [1.29, 1.82) is 0 Å². The fraction of sp³-hybridized carbons (Fsp3) is 0.219. The van der Waals surface area contributed by atoms with Gasteiger partial charge in [0.15, 0.2) is 0 Å². The maximum Gasteiger partial charge on any atom is 0.416 e. The van der Waals surface area contributed by atoms with Crippen molar-refractivity contribution in [2.45, 2.75) is 25.1 Å². The number of nitrogens with one attached hydrogen (secondary N) is 2. The lowest BCUT2D eigenvalue weighted by molar-refractivity contribution is -0.137. The lowest BCUT2D eigenvalue weighted by atomic mass is 9.83. The number of hydrogen-bond acceptors (Lipinski definition) is 4. The highest BCUT2D eigenvalue weighted by Gasteiger charge is 2.36. The smallest absolute Gasteiger partial charge is 0.369 e. The Morgan fingerprint density at radius 2 is 1.53 bits per heavy atom. The van der Waals surface area contributed by atoms with Crippen LogP contribution in [0, 0.1) is 5.92 Å². The number of piperidine rings is 1. The molecule has 1 fully saturated rings. The van der Waals surface area contributed by atoms with Gasteiger partial charge in [-0.05, 0) is 79.1 Å². The van der Waals surface area contributed by atoms with Gasteiger partial charge < -0.3 is 20.1 Å². The van der Waals surface area contributed by atoms with Gasteiger partial charge in [-0.1, -0.05) is 23.7 Å². The van der Waals surface area contributed by atoms with Gasteiger partial charge in [-0.2, -0.15) is 13.2 Å². The molecule has 3 heterocycles. The molecule has 2 aliphatic rings. The molecule has 43 heavy (non-hydrogen) atoms. The van der Waals surface area contributed by atoms with Crippen LogP contribution in [0.3, 0.4) is 0 Å². The highest BCUT2D eigenvalue weighted by molar-refractivity contribution is 6.30. The number of nitrogens with zero attached hydrogens (tertiary/aromatic N) is 2. The van der Waals surface area contributed by atoms with Crippen LogP contribution < -0.4 is 21.1 Å². The molecule has 0 radical (unpaired) electrons. The minimum atomic E-state index is -4.61. The molecule has 220 valence electrons. The van der Waals surface area contributed by atoms with Crippen LogP contribution in [0.2, 0.25) is 5.02 Å². The summed E-state index contributed by atoms with van der Waals surface area (Å²) in [4.78, 5) is 41.0. The van der Waals surface area contributed by atoms with Crippen molar-refractivity contribution >= 4 is 40.5 Å². The number of hydrogen-bond donors (Lipinski definition) is 2. The van der Waals surface area contributed by atoms with Crippen LogP contribution in [-0.2, 0) is 12.7 Å². The predicted octanol–water partition coefficient (Wildman–Crippen LogP) is 6.65. The van der Waals surface area contributed by atoms with Crippen LogP contribution in [0.25, 0.3) is 0 Å². The van der Waals surface area contributed by atoms with E-state index in [9.17, 15) is 27.6 Å². The van der Waals surface area contributed by atoms with Gasteiger partial charge in [-0.25, -0.2) is 0 Å². The number of aromatic nitrogens is 1. The molecule has 6 rings (SSSR count). The maximum absolute atomic E-state index is 13.3. The number of carbonyl (C=O) groups excluding carboxylic acids is 2. The maximum atomic E-state index is 13.3. The Kier molecular flexibility index (Phi) is 7.47. The zero-order chi connectivity index (χ0) is 30.3. The summed E-state index contributed by atoms with van der Waals surface area (Å²) < 4.78 is 41.8. The standard InChI is InChI=1S/C32H26ClF3N4O3/c33-24-8-10-25(11-9-24)37-30(42)21-7-12-28(26(15-21)38-31(43)20-3-1-4-23(14-20)32(34,35)36)39-16-19-13-22(18-39)27-5-2-6-29(41)40(27)17-19/h1-12,14-15,19,22H,13,16-18H2,(H,37,42)(H,38,43)/t19-,22+/m1/s1. The number of amides is 2. The molecule has 1 saturated heterocycles. The summed E-state index contributed by atoms with van der Waals surface area (Å²) in [5.74, 6) is -0.934. The number of pyridine rings is 1. The quantitative estimate of drug-likeness (QED) is 0.267. The number of benzene rings is 3. The third kappa shape index (κ3) is 6.01. The van der Waals surface area contributed by atoms with Crippen molar-refractivity contribution in [3.63, 3.8) is 0 Å². The summed E-state index contributed by atoms with van der Waals surface area (Å²) in [5.41, 5.74) is 1.49. The van der Waals surface area contributed by atoms with E-state index in [0.29, 0.717) is 36.0 Å². The van der Waals surface area contributed by atoms with E-state index in [1.54, 1.807) is 48.5 Å². The Morgan fingerprint density at radius 3 is 2.30 bits per heavy atom. The predicted molar refractivity (Wildman–Crippen MR) is 159 cm³/mol. The first-order valence-electron chi connectivity index (χ1n) is 13.7. The molecule has 0 aliphatic carbocycles. The minimum Gasteiger partial charge on any atom is -0.369 e. The van der Waals surface area contributed by atoms with Gasteiger partial charge in [0.2, 0.25) is 0 Å². The molecule has 0 spiro atoms.